The van der Waals surface area contributed by atoms with E-state index in [-0.39, 0.29) is 17.8 Å². The third kappa shape index (κ3) is 2.88. The molecule has 3 fully saturated rings. The fraction of sp³-hybridized carbons (Fsp3) is 0.611. The van der Waals surface area contributed by atoms with E-state index < -0.39 is 0 Å². The van der Waals surface area contributed by atoms with Crippen molar-refractivity contribution in [3.63, 3.8) is 0 Å². The molecule has 0 bridgehead atoms. The van der Waals surface area contributed by atoms with Gasteiger partial charge in [0, 0.05) is 31.2 Å². The minimum atomic E-state index is -0.295. The number of carbonyl (C=O) groups is 1. The number of hydrogen-bond acceptors (Lipinski definition) is 2. The number of benzene rings is 1. The summed E-state index contributed by atoms with van der Waals surface area (Å²) in [6, 6.07) is 7.97. The van der Waals surface area contributed by atoms with Crippen molar-refractivity contribution in [2.45, 2.75) is 31.1 Å². The molecule has 0 aromatic heterocycles. The van der Waals surface area contributed by atoms with Gasteiger partial charge in [0.25, 0.3) is 0 Å². The highest BCUT2D eigenvalue weighted by molar-refractivity contribution is 6.30. The number of fused-ring (bicyclic) bond motifs is 1. The number of nitrogens with zero attached hydrogens (tertiary/aromatic N) is 1. The zero-order valence-corrected chi connectivity index (χ0v) is 14.8. The Morgan fingerprint density at radius 1 is 1.09 bits per heavy atom. The maximum Gasteiger partial charge on any atom is 0.233 e. The average molecular weight is 355 g/mol. The number of rotatable bonds is 2. The minimum Gasteiger partial charge on any atom is -0.341 e. The standard InChI is InChI=1S/C18H23ClN2O.ClH/c19-16-5-3-15(4-6-16)18(7-1-2-8-18)17(22)21-11-13-9-20-10-14(13)12-21;/h3-6,13-14,20H,1-2,7-12H2;1H/t13-,14+;. The lowest BCUT2D eigenvalue weighted by Gasteiger charge is -2.33. The van der Waals surface area contributed by atoms with Crippen molar-refractivity contribution in [1.82, 2.24) is 10.2 Å². The SMILES string of the molecule is Cl.O=C(N1C[C@H]2CNC[C@H]2C1)C1(c2ccc(Cl)cc2)CCCC1. The summed E-state index contributed by atoms with van der Waals surface area (Å²) in [6.45, 7) is 4.02. The van der Waals surface area contributed by atoms with E-state index in [1.165, 1.54) is 0 Å². The molecule has 1 aromatic rings. The molecule has 2 heterocycles. The maximum atomic E-state index is 13.4. The molecule has 1 aliphatic carbocycles. The normalized spacial score (nSPS) is 28.5. The summed E-state index contributed by atoms with van der Waals surface area (Å²) >= 11 is 6.03. The van der Waals surface area contributed by atoms with E-state index in [0.29, 0.717) is 17.7 Å². The van der Waals surface area contributed by atoms with Crippen LogP contribution in [0.5, 0.6) is 0 Å². The average Bonchev–Trinajstić information content (AvgIpc) is 3.23. The monoisotopic (exact) mass is 354 g/mol. The van der Waals surface area contributed by atoms with Gasteiger partial charge in [0.05, 0.1) is 5.41 Å². The van der Waals surface area contributed by atoms with Crippen molar-refractivity contribution < 1.29 is 4.79 Å². The predicted octanol–water partition coefficient (Wildman–Crippen LogP) is 3.25. The van der Waals surface area contributed by atoms with E-state index in [0.717, 1.165) is 62.4 Å². The molecule has 0 unspecified atom stereocenters. The number of carbonyl (C=O) groups excluding carboxylic acids is 1. The Bertz CT molecular complexity index is 557. The molecular weight excluding hydrogens is 331 g/mol. The first-order chi connectivity index (χ1) is 10.7. The molecule has 126 valence electrons. The van der Waals surface area contributed by atoms with Crippen LogP contribution in [0.15, 0.2) is 24.3 Å². The van der Waals surface area contributed by atoms with Crippen LogP contribution in [0.1, 0.15) is 31.2 Å². The van der Waals surface area contributed by atoms with Crippen LogP contribution in [0.3, 0.4) is 0 Å². The molecule has 1 amide bonds. The van der Waals surface area contributed by atoms with E-state index in [2.05, 4.69) is 22.3 Å². The molecule has 4 rings (SSSR count). The fourth-order valence-corrected chi connectivity index (χ4v) is 4.82. The highest BCUT2D eigenvalue weighted by atomic mass is 35.5. The van der Waals surface area contributed by atoms with Gasteiger partial charge in [0.1, 0.15) is 0 Å². The fourth-order valence-electron chi connectivity index (χ4n) is 4.70. The molecule has 2 saturated heterocycles. The molecule has 0 radical (unpaired) electrons. The number of halogens is 2. The van der Waals surface area contributed by atoms with E-state index in [9.17, 15) is 4.79 Å². The molecule has 0 spiro atoms. The van der Waals surface area contributed by atoms with Crippen molar-refractivity contribution in [2.24, 2.45) is 11.8 Å². The van der Waals surface area contributed by atoms with E-state index in [1.807, 2.05) is 12.1 Å². The molecule has 1 aromatic carbocycles. The van der Waals surface area contributed by atoms with Gasteiger partial charge in [-0.2, -0.15) is 0 Å². The number of likely N-dealkylation sites (tertiary alicyclic amines) is 1. The number of hydrogen-bond donors (Lipinski definition) is 1. The zero-order valence-electron chi connectivity index (χ0n) is 13.3. The van der Waals surface area contributed by atoms with Gasteiger partial charge < -0.3 is 10.2 Å². The molecule has 3 nitrogen and oxygen atoms in total. The molecule has 2 atom stereocenters. The smallest absolute Gasteiger partial charge is 0.233 e. The van der Waals surface area contributed by atoms with E-state index >= 15 is 0 Å². The predicted molar refractivity (Wildman–Crippen MR) is 95.3 cm³/mol. The highest BCUT2D eigenvalue weighted by Crippen LogP contribution is 2.44. The van der Waals surface area contributed by atoms with Crippen molar-refractivity contribution in [3.8, 4) is 0 Å². The van der Waals surface area contributed by atoms with E-state index in [1.54, 1.807) is 0 Å². The van der Waals surface area contributed by atoms with Crippen LogP contribution in [-0.2, 0) is 10.2 Å². The van der Waals surface area contributed by atoms with Crippen LogP contribution >= 0.6 is 24.0 Å². The van der Waals surface area contributed by atoms with Crippen LogP contribution in [0, 0.1) is 11.8 Å². The Morgan fingerprint density at radius 3 is 2.22 bits per heavy atom. The van der Waals surface area contributed by atoms with Crippen LogP contribution < -0.4 is 5.32 Å². The lowest BCUT2D eigenvalue weighted by Crippen LogP contribution is -2.45. The quantitative estimate of drug-likeness (QED) is 0.883. The Hall–Kier alpha value is -0.770. The summed E-state index contributed by atoms with van der Waals surface area (Å²) in [4.78, 5) is 15.5. The topological polar surface area (TPSA) is 32.3 Å². The first kappa shape index (κ1) is 17.1. The highest BCUT2D eigenvalue weighted by Gasteiger charge is 2.48. The van der Waals surface area contributed by atoms with Crippen molar-refractivity contribution in [3.05, 3.63) is 34.9 Å². The van der Waals surface area contributed by atoms with Gasteiger partial charge in [-0.05, 0) is 42.4 Å². The lowest BCUT2D eigenvalue weighted by molar-refractivity contribution is -0.136. The Morgan fingerprint density at radius 2 is 1.65 bits per heavy atom. The van der Waals surface area contributed by atoms with Crippen molar-refractivity contribution in [2.75, 3.05) is 26.2 Å². The van der Waals surface area contributed by atoms with Gasteiger partial charge in [0.2, 0.25) is 5.91 Å². The molecule has 1 N–H and O–H groups in total. The van der Waals surface area contributed by atoms with Crippen LogP contribution in [0.2, 0.25) is 5.02 Å². The number of nitrogens with one attached hydrogen (secondary N) is 1. The maximum absolute atomic E-state index is 13.4. The second-order valence-corrected chi connectivity index (χ2v) is 7.62. The van der Waals surface area contributed by atoms with Gasteiger partial charge in [-0.15, -0.1) is 12.4 Å². The van der Waals surface area contributed by atoms with Gasteiger partial charge in [0.15, 0.2) is 0 Å². The number of amides is 1. The summed E-state index contributed by atoms with van der Waals surface area (Å²) in [5.41, 5.74) is 0.867. The summed E-state index contributed by atoms with van der Waals surface area (Å²) in [7, 11) is 0. The second kappa shape index (κ2) is 6.62. The van der Waals surface area contributed by atoms with Gasteiger partial charge in [-0.1, -0.05) is 36.6 Å². The van der Waals surface area contributed by atoms with Crippen LogP contribution in [0.4, 0.5) is 0 Å². The van der Waals surface area contributed by atoms with Crippen molar-refractivity contribution >= 4 is 29.9 Å². The van der Waals surface area contributed by atoms with Gasteiger partial charge in [-0.25, -0.2) is 0 Å². The minimum absolute atomic E-state index is 0. The third-order valence-corrected chi connectivity index (χ3v) is 6.19. The van der Waals surface area contributed by atoms with Gasteiger partial charge in [-0.3, -0.25) is 4.79 Å². The van der Waals surface area contributed by atoms with E-state index in [4.69, 9.17) is 11.6 Å². The Labute approximate surface area is 149 Å². The summed E-state index contributed by atoms with van der Waals surface area (Å²) in [5, 5.41) is 4.19. The summed E-state index contributed by atoms with van der Waals surface area (Å²) < 4.78 is 0. The summed E-state index contributed by atoms with van der Waals surface area (Å²) in [5.74, 6) is 1.68. The largest absolute Gasteiger partial charge is 0.341 e. The molecule has 23 heavy (non-hydrogen) atoms. The first-order valence-corrected chi connectivity index (χ1v) is 8.83. The molecule has 3 aliphatic rings. The molecule has 1 saturated carbocycles. The van der Waals surface area contributed by atoms with Gasteiger partial charge >= 0.3 is 0 Å². The van der Waals surface area contributed by atoms with Crippen LogP contribution in [-0.4, -0.2) is 37.0 Å². The third-order valence-electron chi connectivity index (χ3n) is 5.94. The zero-order chi connectivity index (χ0) is 15.2. The first-order valence-electron chi connectivity index (χ1n) is 8.45. The lowest BCUT2D eigenvalue weighted by atomic mass is 9.77. The summed E-state index contributed by atoms with van der Waals surface area (Å²) in [6.07, 6.45) is 4.27. The molecule has 2 aliphatic heterocycles. The van der Waals surface area contributed by atoms with Crippen molar-refractivity contribution in [1.29, 1.82) is 0 Å². The Kier molecular flexibility index (Phi) is 4.91. The van der Waals surface area contributed by atoms with Crippen LogP contribution in [0.25, 0.3) is 0 Å². The molecule has 5 heteroatoms. The second-order valence-electron chi connectivity index (χ2n) is 7.18. The molecular formula is C18H24Cl2N2O. The Balaban J connectivity index is 0.00000156.